The number of benzene rings is 1. The van der Waals surface area contributed by atoms with Crippen LogP contribution < -0.4 is 14.8 Å². The fourth-order valence-corrected chi connectivity index (χ4v) is 5.11. The summed E-state index contributed by atoms with van der Waals surface area (Å²) in [7, 11) is 3.15. The van der Waals surface area contributed by atoms with Gasteiger partial charge in [0.25, 0.3) is 0 Å². The molecule has 0 spiro atoms. The number of aromatic nitrogens is 2. The van der Waals surface area contributed by atoms with Crippen molar-refractivity contribution in [3.05, 3.63) is 53.7 Å². The topological polar surface area (TPSA) is 106 Å². The number of carbonyl (C=O) groups is 2. The number of rotatable bonds is 14. The molecule has 0 radical (unpaired) electrons. The smallest absolute Gasteiger partial charge is 0.204 e. The normalized spacial score (nSPS) is 16.6. The van der Waals surface area contributed by atoms with E-state index in [-0.39, 0.29) is 17.3 Å². The molecule has 2 heterocycles. The molecular formula is C32H43N5O5. The van der Waals surface area contributed by atoms with Crippen molar-refractivity contribution in [1.29, 1.82) is 0 Å². The third-order valence-electron chi connectivity index (χ3n) is 7.64. The minimum atomic E-state index is -0.268. The molecule has 1 unspecified atom stereocenters. The van der Waals surface area contributed by atoms with Crippen LogP contribution >= 0.6 is 0 Å². The first-order valence-corrected chi connectivity index (χ1v) is 14.6. The van der Waals surface area contributed by atoms with Gasteiger partial charge in [-0.25, -0.2) is 9.97 Å². The summed E-state index contributed by atoms with van der Waals surface area (Å²) in [6, 6.07) is 3.50. The van der Waals surface area contributed by atoms with Crippen molar-refractivity contribution in [1.82, 2.24) is 19.8 Å². The molecule has 226 valence electrons. The lowest BCUT2D eigenvalue weighted by molar-refractivity contribution is -0.116. The largest absolute Gasteiger partial charge is 0.493 e. The molecule has 1 N–H and O–H groups in total. The monoisotopic (exact) mass is 577 g/mol. The lowest BCUT2D eigenvalue weighted by Crippen LogP contribution is -2.47. The predicted molar refractivity (Wildman–Crippen MR) is 164 cm³/mol. The number of ether oxygens (including phenoxy) is 3. The maximum absolute atomic E-state index is 13.1. The summed E-state index contributed by atoms with van der Waals surface area (Å²) in [6.45, 7) is 11.7. The highest BCUT2D eigenvalue weighted by Crippen LogP contribution is 2.34. The standard InChI is InChI=1S/C32H43N5O5/c1-22(2)7-6-8-23(3)9-10-36-11-13-37(14-12-36)27-20-28(38)26(18-29(27)39)35-32-24-17-30(41-5)31(42-16-15-40-4)19-25(24)33-21-34-32/h7,17-21,23H,6,8-16H2,1-5H3,(H,33,34,35). The van der Waals surface area contributed by atoms with Gasteiger partial charge in [0, 0.05) is 56.9 Å². The molecule has 10 nitrogen and oxygen atoms in total. The molecule has 10 heteroatoms. The fraction of sp³-hybridized carbons (Fsp3) is 0.500. The molecule has 1 aliphatic heterocycles. The molecule has 1 aromatic heterocycles. The Kier molecular flexibility index (Phi) is 11.1. The zero-order valence-corrected chi connectivity index (χ0v) is 25.4. The SMILES string of the molecule is COCCOc1cc2ncnc(NC3=CC(=O)C(N4CCN(CCC(C)CCC=C(C)C)CC4)=CC3=O)c2cc1OC. The number of anilines is 1. The number of hydrogen-bond donors (Lipinski definition) is 1. The zero-order valence-electron chi connectivity index (χ0n) is 25.4. The number of fused-ring (bicyclic) bond motifs is 1. The van der Waals surface area contributed by atoms with E-state index in [9.17, 15) is 9.59 Å². The van der Waals surface area contributed by atoms with Gasteiger partial charge in [-0.1, -0.05) is 18.6 Å². The Bertz CT molecular complexity index is 1360. The summed E-state index contributed by atoms with van der Waals surface area (Å²) in [5.41, 5.74) is 2.60. The van der Waals surface area contributed by atoms with Gasteiger partial charge in [-0.15, -0.1) is 0 Å². The van der Waals surface area contributed by atoms with Crippen molar-refractivity contribution in [2.24, 2.45) is 5.92 Å². The van der Waals surface area contributed by atoms with Gasteiger partial charge in [-0.05, 0) is 51.6 Å². The fourth-order valence-electron chi connectivity index (χ4n) is 5.11. The van der Waals surface area contributed by atoms with Gasteiger partial charge >= 0.3 is 0 Å². The lowest BCUT2D eigenvalue weighted by Gasteiger charge is -2.37. The summed E-state index contributed by atoms with van der Waals surface area (Å²) in [5.74, 6) is 1.64. The van der Waals surface area contributed by atoms with Gasteiger partial charge in [-0.3, -0.25) is 14.5 Å². The third kappa shape index (κ3) is 8.17. The predicted octanol–water partition coefficient (Wildman–Crippen LogP) is 4.39. The van der Waals surface area contributed by atoms with Gasteiger partial charge in [0.15, 0.2) is 11.5 Å². The zero-order chi connectivity index (χ0) is 30.1. The highest BCUT2D eigenvalue weighted by atomic mass is 16.5. The number of carbonyl (C=O) groups excluding carboxylic acids is 2. The van der Waals surface area contributed by atoms with Crippen LogP contribution in [-0.2, 0) is 14.3 Å². The molecule has 2 aliphatic rings. The first-order valence-electron chi connectivity index (χ1n) is 14.6. The molecular weight excluding hydrogens is 534 g/mol. The second kappa shape index (κ2) is 14.9. The molecule has 0 saturated carbocycles. The van der Waals surface area contributed by atoms with Crippen LogP contribution in [0.1, 0.15) is 40.0 Å². The first kappa shape index (κ1) is 31.2. The Morgan fingerprint density at radius 1 is 1.00 bits per heavy atom. The maximum Gasteiger partial charge on any atom is 0.204 e. The summed E-state index contributed by atoms with van der Waals surface area (Å²) in [5, 5.41) is 3.69. The quantitative estimate of drug-likeness (QED) is 0.197. The van der Waals surface area contributed by atoms with E-state index in [0.29, 0.717) is 53.0 Å². The number of allylic oxidation sites excluding steroid dienone is 4. The van der Waals surface area contributed by atoms with E-state index in [4.69, 9.17) is 14.2 Å². The van der Waals surface area contributed by atoms with Crippen molar-refractivity contribution in [3.63, 3.8) is 0 Å². The molecule has 0 amide bonds. The molecule has 4 rings (SSSR count). The number of ketones is 2. The van der Waals surface area contributed by atoms with Crippen LogP contribution in [0.4, 0.5) is 5.82 Å². The molecule has 42 heavy (non-hydrogen) atoms. The Morgan fingerprint density at radius 3 is 2.50 bits per heavy atom. The number of piperazine rings is 1. The molecule has 2 aromatic rings. The molecule has 0 bridgehead atoms. The van der Waals surface area contributed by atoms with Gasteiger partial charge in [-0.2, -0.15) is 0 Å². The van der Waals surface area contributed by atoms with Crippen LogP contribution in [0.3, 0.4) is 0 Å². The summed E-state index contributed by atoms with van der Waals surface area (Å²) in [6.07, 6.45) is 10.0. The Balaban J connectivity index is 1.36. The summed E-state index contributed by atoms with van der Waals surface area (Å²) in [4.78, 5) is 39.4. The molecule has 1 aromatic carbocycles. The highest BCUT2D eigenvalue weighted by molar-refractivity contribution is 6.21. The summed E-state index contributed by atoms with van der Waals surface area (Å²) < 4.78 is 16.3. The van der Waals surface area contributed by atoms with Crippen LogP contribution in [0, 0.1) is 5.92 Å². The first-order chi connectivity index (χ1) is 20.3. The van der Waals surface area contributed by atoms with Crippen molar-refractivity contribution in [2.45, 2.75) is 40.0 Å². The highest BCUT2D eigenvalue weighted by Gasteiger charge is 2.28. The third-order valence-corrected chi connectivity index (χ3v) is 7.64. The summed E-state index contributed by atoms with van der Waals surface area (Å²) >= 11 is 0. The Labute approximate surface area is 248 Å². The lowest BCUT2D eigenvalue weighted by atomic mass is 10.0. The second-order valence-electron chi connectivity index (χ2n) is 11.1. The van der Waals surface area contributed by atoms with Crippen LogP contribution in [0.15, 0.2) is 53.7 Å². The van der Waals surface area contributed by atoms with Gasteiger partial charge < -0.3 is 24.4 Å². The van der Waals surface area contributed by atoms with Crippen molar-refractivity contribution in [3.8, 4) is 11.5 Å². The molecule has 1 saturated heterocycles. The van der Waals surface area contributed by atoms with Crippen LogP contribution in [0.25, 0.3) is 10.9 Å². The number of methoxy groups -OCH3 is 2. The minimum Gasteiger partial charge on any atom is -0.493 e. The Hall–Kier alpha value is -3.76. The van der Waals surface area contributed by atoms with Crippen LogP contribution in [0.2, 0.25) is 0 Å². The van der Waals surface area contributed by atoms with Gasteiger partial charge in [0.1, 0.15) is 18.8 Å². The molecule has 1 atom stereocenters. The van der Waals surface area contributed by atoms with Crippen molar-refractivity contribution in [2.75, 3.05) is 65.5 Å². The maximum atomic E-state index is 13.1. The number of nitrogens with zero attached hydrogens (tertiary/aromatic N) is 4. The van der Waals surface area contributed by atoms with Crippen molar-refractivity contribution < 1.29 is 23.8 Å². The number of nitrogens with one attached hydrogen (secondary N) is 1. The van der Waals surface area contributed by atoms with E-state index >= 15 is 0 Å². The van der Waals surface area contributed by atoms with E-state index in [0.717, 1.165) is 39.1 Å². The Morgan fingerprint density at radius 2 is 1.79 bits per heavy atom. The van der Waals surface area contributed by atoms with Gasteiger partial charge in [0.2, 0.25) is 11.6 Å². The molecule has 1 fully saturated rings. The van der Waals surface area contributed by atoms with Crippen LogP contribution in [0.5, 0.6) is 11.5 Å². The van der Waals surface area contributed by atoms with E-state index in [1.807, 2.05) is 4.90 Å². The second-order valence-corrected chi connectivity index (χ2v) is 11.1. The van der Waals surface area contributed by atoms with E-state index in [2.05, 4.69) is 47.0 Å². The number of hydrogen-bond acceptors (Lipinski definition) is 10. The minimum absolute atomic E-state index is 0.170. The van der Waals surface area contributed by atoms with Gasteiger partial charge in [0.05, 0.1) is 30.6 Å². The average Bonchev–Trinajstić information content (AvgIpc) is 2.98. The van der Waals surface area contributed by atoms with E-state index in [1.165, 1.54) is 36.9 Å². The van der Waals surface area contributed by atoms with Crippen molar-refractivity contribution >= 4 is 28.3 Å². The van der Waals surface area contributed by atoms with E-state index in [1.54, 1.807) is 26.4 Å². The van der Waals surface area contributed by atoms with E-state index < -0.39 is 0 Å². The van der Waals surface area contributed by atoms with Crippen LogP contribution in [-0.4, -0.2) is 91.5 Å². The molecule has 1 aliphatic carbocycles. The average molecular weight is 578 g/mol.